The quantitative estimate of drug-likeness (QED) is 0.662. The van der Waals surface area contributed by atoms with Crippen molar-refractivity contribution in [3.05, 3.63) is 54.0 Å². The molecule has 1 aliphatic rings. The molecule has 0 radical (unpaired) electrons. The van der Waals surface area contributed by atoms with E-state index in [1.54, 1.807) is 24.2 Å². The molecular formula is C22H26N6O2. The molecule has 156 valence electrons. The van der Waals surface area contributed by atoms with Gasteiger partial charge in [0.25, 0.3) is 11.9 Å². The van der Waals surface area contributed by atoms with E-state index in [0.29, 0.717) is 11.5 Å². The highest BCUT2D eigenvalue weighted by Gasteiger charge is 2.23. The summed E-state index contributed by atoms with van der Waals surface area (Å²) in [6, 6.07) is 9.55. The molecule has 30 heavy (non-hydrogen) atoms. The van der Waals surface area contributed by atoms with Crippen LogP contribution < -0.4 is 4.74 Å². The van der Waals surface area contributed by atoms with Gasteiger partial charge in [-0.05, 0) is 45.1 Å². The Balaban J connectivity index is 1.61. The van der Waals surface area contributed by atoms with Gasteiger partial charge >= 0.3 is 0 Å². The Labute approximate surface area is 176 Å². The highest BCUT2D eigenvalue weighted by Crippen LogP contribution is 2.23. The van der Waals surface area contributed by atoms with Crippen LogP contribution in [0.1, 0.15) is 22.5 Å². The smallest absolute Gasteiger partial charge is 0.257 e. The van der Waals surface area contributed by atoms with Crippen LogP contribution in [0.5, 0.6) is 5.75 Å². The summed E-state index contributed by atoms with van der Waals surface area (Å²) in [6.45, 7) is 5.25. The number of nitrogens with zero attached hydrogens (tertiary/aromatic N) is 6. The number of benzene rings is 1. The molecule has 8 nitrogen and oxygen atoms in total. The third-order valence-electron chi connectivity index (χ3n) is 5.44. The summed E-state index contributed by atoms with van der Waals surface area (Å²) >= 11 is 0. The minimum Gasteiger partial charge on any atom is -0.497 e. The average molecular weight is 406 g/mol. The van der Waals surface area contributed by atoms with Crippen LogP contribution in [-0.2, 0) is 0 Å². The SMILES string of the molecule is COc1cccc(-c2ccnc(-n3ncc(C(=O)N4CCCN(C)CC4)c3C)n2)c1. The molecule has 8 heteroatoms. The molecule has 3 heterocycles. The predicted octanol–water partition coefficient (Wildman–Crippen LogP) is 2.42. The molecule has 1 aromatic carbocycles. The first-order chi connectivity index (χ1) is 14.6. The molecule has 1 amide bonds. The second-order valence-electron chi connectivity index (χ2n) is 7.48. The summed E-state index contributed by atoms with van der Waals surface area (Å²) < 4.78 is 6.93. The summed E-state index contributed by atoms with van der Waals surface area (Å²) in [7, 11) is 3.72. The van der Waals surface area contributed by atoms with Gasteiger partial charge in [0.1, 0.15) is 5.75 Å². The van der Waals surface area contributed by atoms with Crippen LogP contribution in [0, 0.1) is 6.92 Å². The fourth-order valence-electron chi connectivity index (χ4n) is 3.63. The van der Waals surface area contributed by atoms with Crippen LogP contribution in [0.25, 0.3) is 17.2 Å². The molecule has 0 spiro atoms. The highest BCUT2D eigenvalue weighted by atomic mass is 16.5. The predicted molar refractivity (Wildman–Crippen MR) is 114 cm³/mol. The van der Waals surface area contributed by atoms with Crippen molar-refractivity contribution in [3.63, 3.8) is 0 Å². The molecule has 1 fully saturated rings. The van der Waals surface area contributed by atoms with Crippen molar-refractivity contribution in [1.29, 1.82) is 0 Å². The molecule has 0 bridgehead atoms. The van der Waals surface area contributed by atoms with Gasteiger partial charge in [-0.3, -0.25) is 4.79 Å². The van der Waals surface area contributed by atoms with E-state index in [-0.39, 0.29) is 5.91 Å². The maximum absolute atomic E-state index is 13.1. The van der Waals surface area contributed by atoms with Gasteiger partial charge in [-0.25, -0.2) is 14.6 Å². The Bertz CT molecular complexity index is 1050. The molecule has 1 aliphatic heterocycles. The number of carbonyl (C=O) groups is 1. The Morgan fingerprint density at radius 2 is 2.00 bits per heavy atom. The highest BCUT2D eigenvalue weighted by molar-refractivity contribution is 5.95. The number of hydrogen-bond donors (Lipinski definition) is 0. The van der Waals surface area contributed by atoms with E-state index in [1.165, 1.54) is 0 Å². The molecule has 1 saturated heterocycles. The van der Waals surface area contributed by atoms with Gasteiger partial charge in [-0.2, -0.15) is 5.10 Å². The molecule has 3 aromatic rings. The maximum atomic E-state index is 13.1. The number of aromatic nitrogens is 4. The third-order valence-corrected chi connectivity index (χ3v) is 5.44. The summed E-state index contributed by atoms with van der Waals surface area (Å²) in [5.41, 5.74) is 3.01. The zero-order valence-corrected chi connectivity index (χ0v) is 17.6. The molecule has 2 aromatic heterocycles. The van der Waals surface area contributed by atoms with Gasteiger partial charge in [-0.15, -0.1) is 0 Å². The normalized spacial score (nSPS) is 15.1. The molecule has 0 unspecified atom stereocenters. The molecule has 4 rings (SSSR count). The third kappa shape index (κ3) is 4.04. The minimum absolute atomic E-state index is 0.0120. The van der Waals surface area contributed by atoms with Crippen molar-refractivity contribution < 1.29 is 9.53 Å². The van der Waals surface area contributed by atoms with Crippen molar-refractivity contribution in [1.82, 2.24) is 29.5 Å². The largest absolute Gasteiger partial charge is 0.497 e. The lowest BCUT2D eigenvalue weighted by molar-refractivity contribution is 0.0762. The number of methoxy groups -OCH3 is 1. The van der Waals surface area contributed by atoms with Crippen molar-refractivity contribution >= 4 is 5.91 Å². The van der Waals surface area contributed by atoms with E-state index in [4.69, 9.17) is 4.74 Å². The summed E-state index contributed by atoms with van der Waals surface area (Å²) in [5, 5.41) is 4.42. The van der Waals surface area contributed by atoms with Crippen molar-refractivity contribution in [2.24, 2.45) is 0 Å². The van der Waals surface area contributed by atoms with Crippen LogP contribution in [-0.4, -0.2) is 75.8 Å². The van der Waals surface area contributed by atoms with E-state index in [9.17, 15) is 4.79 Å². The topological polar surface area (TPSA) is 76.4 Å². The molecule has 0 atom stereocenters. The molecule has 0 saturated carbocycles. The van der Waals surface area contributed by atoms with E-state index in [2.05, 4.69) is 27.0 Å². The average Bonchev–Trinajstić information content (AvgIpc) is 3.02. The van der Waals surface area contributed by atoms with E-state index in [0.717, 1.165) is 55.3 Å². The lowest BCUT2D eigenvalue weighted by atomic mass is 10.1. The number of hydrogen-bond acceptors (Lipinski definition) is 6. The fourth-order valence-corrected chi connectivity index (χ4v) is 3.63. The first-order valence-electron chi connectivity index (χ1n) is 10.1. The summed E-state index contributed by atoms with van der Waals surface area (Å²) in [6.07, 6.45) is 4.29. The van der Waals surface area contributed by atoms with Gasteiger partial charge < -0.3 is 14.5 Å². The van der Waals surface area contributed by atoms with Gasteiger partial charge in [0, 0.05) is 31.4 Å². The monoisotopic (exact) mass is 406 g/mol. The first-order valence-corrected chi connectivity index (χ1v) is 10.1. The number of ether oxygens (including phenoxy) is 1. The van der Waals surface area contributed by atoms with Gasteiger partial charge in [0.05, 0.1) is 30.3 Å². The molecule has 0 aliphatic carbocycles. The molecular weight excluding hydrogens is 380 g/mol. The van der Waals surface area contributed by atoms with E-state index in [1.807, 2.05) is 42.2 Å². The maximum Gasteiger partial charge on any atom is 0.257 e. The zero-order chi connectivity index (χ0) is 21.1. The number of carbonyl (C=O) groups excluding carboxylic acids is 1. The van der Waals surface area contributed by atoms with Crippen LogP contribution in [0.3, 0.4) is 0 Å². The van der Waals surface area contributed by atoms with Crippen LogP contribution >= 0.6 is 0 Å². The standard InChI is InChI=1S/C22H26N6O2/c1-16-19(21(29)27-11-5-10-26(2)12-13-27)15-24-28(16)22-23-9-8-20(25-22)17-6-4-7-18(14-17)30-3/h4,6-9,14-15H,5,10-13H2,1-3H3. The van der Waals surface area contributed by atoms with Crippen LogP contribution in [0.15, 0.2) is 42.7 Å². The Hall–Kier alpha value is -3.26. The fraction of sp³-hybridized carbons (Fsp3) is 0.364. The number of rotatable bonds is 4. The lowest BCUT2D eigenvalue weighted by Crippen LogP contribution is -2.34. The Morgan fingerprint density at radius 3 is 2.83 bits per heavy atom. The summed E-state index contributed by atoms with van der Waals surface area (Å²) in [5.74, 6) is 1.21. The Kier molecular flexibility index (Phi) is 5.76. The van der Waals surface area contributed by atoms with Gasteiger partial charge in [0.2, 0.25) is 0 Å². The lowest BCUT2D eigenvalue weighted by Gasteiger charge is -2.20. The van der Waals surface area contributed by atoms with Crippen molar-refractivity contribution in [2.45, 2.75) is 13.3 Å². The Morgan fingerprint density at radius 1 is 1.13 bits per heavy atom. The second-order valence-corrected chi connectivity index (χ2v) is 7.48. The van der Waals surface area contributed by atoms with Crippen molar-refractivity contribution in [2.75, 3.05) is 40.3 Å². The van der Waals surface area contributed by atoms with E-state index >= 15 is 0 Å². The van der Waals surface area contributed by atoms with Gasteiger partial charge in [-0.1, -0.05) is 12.1 Å². The second kappa shape index (κ2) is 8.62. The zero-order valence-electron chi connectivity index (χ0n) is 17.6. The first kappa shape index (κ1) is 20.0. The minimum atomic E-state index is 0.0120. The van der Waals surface area contributed by atoms with E-state index < -0.39 is 0 Å². The van der Waals surface area contributed by atoms with Gasteiger partial charge in [0.15, 0.2) is 0 Å². The van der Waals surface area contributed by atoms with Crippen LogP contribution in [0.2, 0.25) is 0 Å². The van der Waals surface area contributed by atoms with Crippen molar-refractivity contribution in [3.8, 4) is 23.0 Å². The van der Waals surface area contributed by atoms with Crippen LogP contribution in [0.4, 0.5) is 0 Å². The number of amides is 1. The summed E-state index contributed by atoms with van der Waals surface area (Å²) in [4.78, 5) is 26.3. The number of likely N-dealkylation sites (N-methyl/N-ethyl adjacent to an activating group) is 1. The molecule has 0 N–H and O–H groups in total.